The van der Waals surface area contributed by atoms with Gasteiger partial charge < -0.3 is 15.0 Å². The van der Waals surface area contributed by atoms with Crippen molar-refractivity contribution in [2.45, 2.75) is 13.0 Å². The lowest BCUT2D eigenvalue weighted by Gasteiger charge is -2.09. The average Bonchev–Trinajstić information content (AvgIpc) is 2.89. The third-order valence-electron chi connectivity index (χ3n) is 3.25. The molecule has 0 spiro atoms. The lowest BCUT2D eigenvalue weighted by molar-refractivity contribution is 0.304. The highest BCUT2D eigenvalue weighted by Crippen LogP contribution is 2.20. The Hall–Kier alpha value is -2.49. The van der Waals surface area contributed by atoms with Crippen molar-refractivity contribution in [2.75, 3.05) is 12.3 Å². The van der Waals surface area contributed by atoms with Crippen molar-refractivity contribution in [2.24, 2.45) is 0 Å². The van der Waals surface area contributed by atoms with E-state index >= 15 is 0 Å². The van der Waals surface area contributed by atoms with Gasteiger partial charge in [-0.3, -0.25) is 0 Å². The number of aromatic nitrogens is 2. The van der Waals surface area contributed by atoms with Gasteiger partial charge in [0.25, 0.3) is 0 Å². The first-order valence-corrected chi connectivity index (χ1v) is 6.72. The molecule has 4 heteroatoms. The van der Waals surface area contributed by atoms with E-state index in [1.54, 1.807) is 0 Å². The number of hydrogen-bond acceptors (Lipinski definition) is 3. The molecule has 0 atom stereocenters. The Bertz CT molecular complexity index is 706. The van der Waals surface area contributed by atoms with Crippen LogP contribution in [-0.2, 0) is 6.54 Å². The molecule has 2 aromatic carbocycles. The number of rotatable bonds is 5. The van der Waals surface area contributed by atoms with Crippen LogP contribution in [-0.4, -0.2) is 16.2 Å². The van der Waals surface area contributed by atoms with E-state index in [-0.39, 0.29) is 0 Å². The molecule has 1 heterocycles. The summed E-state index contributed by atoms with van der Waals surface area (Å²) in [6.07, 6.45) is 2.79. The summed E-state index contributed by atoms with van der Waals surface area (Å²) in [5.41, 5.74) is 8.70. The van der Waals surface area contributed by atoms with Crippen LogP contribution in [0.2, 0.25) is 0 Å². The second-order valence-electron chi connectivity index (χ2n) is 4.67. The van der Waals surface area contributed by atoms with Crippen LogP contribution in [0.25, 0.3) is 11.0 Å². The number of imidazole rings is 1. The minimum atomic E-state index is 0.640. The molecular weight excluding hydrogens is 250 g/mol. The maximum absolute atomic E-state index is 5.83. The van der Waals surface area contributed by atoms with Gasteiger partial charge in [-0.05, 0) is 30.7 Å². The van der Waals surface area contributed by atoms with E-state index in [1.165, 1.54) is 0 Å². The fourth-order valence-corrected chi connectivity index (χ4v) is 2.22. The molecule has 1 aromatic heterocycles. The number of nitrogens with two attached hydrogens (primary N) is 1. The molecule has 2 N–H and O–H groups in total. The first-order chi connectivity index (χ1) is 9.84. The van der Waals surface area contributed by atoms with Crippen LogP contribution in [0.5, 0.6) is 5.75 Å². The zero-order valence-electron chi connectivity index (χ0n) is 11.2. The smallest absolute Gasteiger partial charge is 0.142 e. The number of fused-ring (bicyclic) bond motifs is 1. The largest absolute Gasteiger partial charge is 0.491 e. The maximum atomic E-state index is 5.83. The van der Waals surface area contributed by atoms with E-state index < -0.39 is 0 Å². The summed E-state index contributed by atoms with van der Waals surface area (Å²) in [5.74, 6) is 0.753. The number of para-hydroxylation sites is 4. The van der Waals surface area contributed by atoms with E-state index in [0.717, 1.165) is 29.7 Å². The molecule has 0 amide bonds. The quantitative estimate of drug-likeness (QED) is 0.571. The van der Waals surface area contributed by atoms with Crippen LogP contribution in [0.3, 0.4) is 0 Å². The summed E-state index contributed by atoms with van der Waals surface area (Å²) in [4.78, 5) is 4.37. The summed E-state index contributed by atoms with van der Waals surface area (Å²) >= 11 is 0. The number of aryl methyl sites for hydroxylation is 1. The Labute approximate surface area is 117 Å². The highest BCUT2D eigenvalue weighted by atomic mass is 16.5. The van der Waals surface area contributed by atoms with E-state index in [9.17, 15) is 0 Å². The molecule has 0 radical (unpaired) electrons. The predicted octanol–water partition coefficient (Wildman–Crippen LogP) is 3.09. The fourth-order valence-electron chi connectivity index (χ4n) is 2.22. The molecule has 0 aliphatic heterocycles. The minimum absolute atomic E-state index is 0.640. The van der Waals surface area contributed by atoms with Crippen LogP contribution in [0.15, 0.2) is 54.9 Å². The third-order valence-corrected chi connectivity index (χ3v) is 3.25. The zero-order valence-corrected chi connectivity index (χ0v) is 11.2. The zero-order chi connectivity index (χ0) is 13.8. The number of nitrogens with zero attached hydrogens (tertiary/aromatic N) is 2. The number of hydrogen-bond donors (Lipinski definition) is 1. The monoisotopic (exact) mass is 267 g/mol. The Balaban J connectivity index is 1.57. The predicted molar refractivity (Wildman–Crippen MR) is 80.7 cm³/mol. The van der Waals surface area contributed by atoms with Gasteiger partial charge in [0.05, 0.1) is 29.7 Å². The van der Waals surface area contributed by atoms with Crippen LogP contribution >= 0.6 is 0 Å². The van der Waals surface area contributed by atoms with E-state index in [0.29, 0.717) is 12.3 Å². The van der Waals surface area contributed by atoms with Gasteiger partial charge in [-0.2, -0.15) is 0 Å². The molecule has 102 valence electrons. The standard InChI is InChI=1S/C16H17N3O/c17-13-6-1-4-9-16(13)20-11-5-10-19-12-18-14-7-2-3-8-15(14)19/h1-4,6-9,12H,5,10-11,17H2. The fraction of sp³-hybridized carbons (Fsp3) is 0.188. The number of anilines is 1. The first-order valence-electron chi connectivity index (χ1n) is 6.72. The summed E-state index contributed by atoms with van der Waals surface area (Å²) in [7, 11) is 0. The molecule has 0 unspecified atom stereocenters. The highest BCUT2D eigenvalue weighted by molar-refractivity contribution is 5.74. The highest BCUT2D eigenvalue weighted by Gasteiger charge is 2.02. The van der Waals surface area contributed by atoms with Crippen molar-refractivity contribution in [3.05, 3.63) is 54.9 Å². The molecule has 0 bridgehead atoms. The summed E-state index contributed by atoms with van der Waals surface area (Å²) in [5, 5.41) is 0. The van der Waals surface area contributed by atoms with Gasteiger partial charge in [0, 0.05) is 6.54 Å². The van der Waals surface area contributed by atoms with Gasteiger partial charge in [-0.1, -0.05) is 24.3 Å². The second kappa shape index (κ2) is 5.65. The summed E-state index contributed by atoms with van der Waals surface area (Å²) in [6.45, 7) is 1.52. The molecule has 3 rings (SSSR count). The summed E-state index contributed by atoms with van der Waals surface area (Å²) < 4.78 is 7.83. The van der Waals surface area contributed by atoms with E-state index in [1.807, 2.05) is 48.8 Å². The number of nitrogen functional groups attached to an aromatic ring is 1. The van der Waals surface area contributed by atoms with E-state index in [2.05, 4.69) is 15.6 Å². The average molecular weight is 267 g/mol. The lowest BCUT2D eigenvalue weighted by atomic mass is 10.3. The normalized spacial score (nSPS) is 10.8. The van der Waals surface area contributed by atoms with Crippen LogP contribution in [0, 0.1) is 0 Å². The van der Waals surface area contributed by atoms with Gasteiger partial charge in [0.2, 0.25) is 0 Å². The van der Waals surface area contributed by atoms with Crippen LogP contribution < -0.4 is 10.5 Å². The molecule has 0 aliphatic rings. The van der Waals surface area contributed by atoms with Gasteiger partial charge >= 0.3 is 0 Å². The van der Waals surface area contributed by atoms with Crippen LogP contribution in [0.4, 0.5) is 5.69 Å². The van der Waals surface area contributed by atoms with Crippen LogP contribution in [0.1, 0.15) is 6.42 Å². The summed E-state index contributed by atoms with van der Waals surface area (Å²) in [6, 6.07) is 15.7. The van der Waals surface area contributed by atoms with Crippen molar-refractivity contribution >= 4 is 16.7 Å². The van der Waals surface area contributed by atoms with Gasteiger partial charge in [-0.15, -0.1) is 0 Å². The van der Waals surface area contributed by atoms with Crippen molar-refractivity contribution in [1.29, 1.82) is 0 Å². The van der Waals surface area contributed by atoms with Gasteiger partial charge in [-0.25, -0.2) is 4.98 Å². The Morgan fingerprint density at radius 2 is 1.85 bits per heavy atom. The molecule has 4 nitrogen and oxygen atoms in total. The minimum Gasteiger partial charge on any atom is -0.491 e. The van der Waals surface area contributed by atoms with Crippen molar-refractivity contribution in [1.82, 2.24) is 9.55 Å². The van der Waals surface area contributed by atoms with Crippen molar-refractivity contribution in [3.8, 4) is 5.75 Å². The molecular formula is C16H17N3O. The molecule has 0 saturated heterocycles. The SMILES string of the molecule is Nc1ccccc1OCCCn1cnc2ccccc21. The Kier molecular flexibility index (Phi) is 3.54. The topological polar surface area (TPSA) is 53.1 Å². The molecule has 3 aromatic rings. The van der Waals surface area contributed by atoms with Gasteiger partial charge in [0.1, 0.15) is 5.75 Å². The molecule has 0 fully saturated rings. The number of benzene rings is 2. The van der Waals surface area contributed by atoms with Crippen molar-refractivity contribution in [3.63, 3.8) is 0 Å². The molecule has 0 saturated carbocycles. The molecule has 20 heavy (non-hydrogen) atoms. The first kappa shape index (κ1) is 12.5. The van der Waals surface area contributed by atoms with Crippen molar-refractivity contribution < 1.29 is 4.74 Å². The molecule has 0 aliphatic carbocycles. The van der Waals surface area contributed by atoms with Gasteiger partial charge in [0.15, 0.2) is 0 Å². The lowest BCUT2D eigenvalue weighted by Crippen LogP contribution is -2.04. The Morgan fingerprint density at radius 1 is 1.05 bits per heavy atom. The number of ether oxygens (including phenoxy) is 1. The Morgan fingerprint density at radius 3 is 2.75 bits per heavy atom. The van der Waals surface area contributed by atoms with E-state index in [4.69, 9.17) is 10.5 Å². The third kappa shape index (κ3) is 2.59. The maximum Gasteiger partial charge on any atom is 0.142 e. The second-order valence-corrected chi connectivity index (χ2v) is 4.67.